The summed E-state index contributed by atoms with van der Waals surface area (Å²) < 4.78 is 0. The molecule has 0 aromatic heterocycles. The van der Waals surface area contributed by atoms with Crippen LogP contribution in [0.5, 0.6) is 0 Å². The van der Waals surface area contributed by atoms with Crippen LogP contribution < -0.4 is 0 Å². The summed E-state index contributed by atoms with van der Waals surface area (Å²) >= 11 is 0. The number of rotatable bonds is 2. The minimum absolute atomic E-state index is 0. The van der Waals surface area contributed by atoms with Crippen LogP contribution in [0.1, 0.15) is 47.9 Å². The summed E-state index contributed by atoms with van der Waals surface area (Å²) in [5, 5.41) is 31.9. The lowest BCUT2D eigenvalue weighted by molar-refractivity contribution is -0.180. The molecule has 5 nitrogen and oxygen atoms in total. The highest BCUT2D eigenvalue weighted by Gasteiger charge is 2.68. The topological polar surface area (TPSA) is 94.8 Å². The van der Waals surface area contributed by atoms with Gasteiger partial charge in [0.25, 0.3) is 0 Å². The van der Waals surface area contributed by atoms with E-state index in [0.717, 1.165) is 18.4 Å². The number of allylic oxidation sites excluding steroid dienone is 4. The molecular formula is C22H31O5+. The summed E-state index contributed by atoms with van der Waals surface area (Å²) in [5.41, 5.74) is -1.59. The maximum atomic E-state index is 12.4. The Bertz CT molecular complexity index is 760. The number of carbonyl (C=O) groups is 2. The van der Waals surface area contributed by atoms with E-state index in [1.54, 1.807) is 12.2 Å². The molecule has 0 radical (unpaired) electrons. The van der Waals surface area contributed by atoms with Gasteiger partial charge in [-0.05, 0) is 55.6 Å². The zero-order valence-corrected chi connectivity index (χ0v) is 16.3. The number of carbonyl (C=O) groups excluding carboxylic acids is 2. The number of aliphatic hydroxyl groups is 3. The van der Waals surface area contributed by atoms with Gasteiger partial charge in [0.1, 0.15) is 12.2 Å². The van der Waals surface area contributed by atoms with E-state index in [1.807, 2.05) is 13.0 Å². The average molecular weight is 375 g/mol. The van der Waals surface area contributed by atoms with Crippen LogP contribution in [0.2, 0.25) is 0 Å². The van der Waals surface area contributed by atoms with E-state index in [1.165, 1.54) is 0 Å². The zero-order chi connectivity index (χ0) is 19.8. The SMILES string of the molecule is C[C@H]1C[C@@H]2[C@H]([C@@H](O)C[C@@]3(C)[C@H]2CC[C@]3(O)C(=O)CO)[C@@]2(C)C=CC(=O)C=C12.[H+]. The third-order valence-electron chi connectivity index (χ3n) is 8.57. The largest absolute Gasteiger partial charge is 1.00 e. The Morgan fingerprint density at radius 2 is 2.07 bits per heavy atom. The first-order chi connectivity index (χ1) is 12.6. The second kappa shape index (κ2) is 5.85. The lowest BCUT2D eigenvalue weighted by Crippen LogP contribution is -2.62. The molecule has 148 valence electrons. The molecule has 4 aliphatic carbocycles. The van der Waals surface area contributed by atoms with E-state index < -0.39 is 29.5 Å². The van der Waals surface area contributed by atoms with Crippen molar-refractivity contribution in [2.45, 2.75) is 58.2 Å². The molecule has 4 aliphatic rings. The van der Waals surface area contributed by atoms with Crippen LogP contribution in [0.3, 0.4) is 0 Å². The van der Waals surface area contributed by atoms with Gasteiger partial charge in [0.05, 0.1) is 6.10 Å². The first-order valence-corrected chi connectivity index (χ1v) is 10.1. The fraction of sp³-hybridized carbons (Fsp3) is 0.727. The summed E-state index contributed by atoms with van der Waals surface area (Å²) in [4.78, 5) is 24.4. The Morgan fingerprint density at radius 1 is 1.37 bits per heavy atom. The number of ketones is 2. The van der Waals surface area contributed by atoms with Crippen molar-refractivity contribution in [1.82, 2.24) is 0 Å². The molecule has 8 atom stereocenters. The van der Waals surface area contributed by atoms with Crippen molar-refractivity contribution >= 4 is 11.6 Å². The summed E-state index contributed by atoms with van der Waals surface area (Å²) in [5.74, 6) is -0.0768. The Hall–Kier alpha value is -1.30. The molecule has 0 bridgehead atoms. The number of Topliss-reactive ketones (excluding diaryl/α,β-unsaturated/α-hetero) is 1. The van der Waals surface area contributed by atoms with Gasteiger partial charge >= 0.3 is 1.43 Å². The van der Waals surface area contributed by atoms with Crippen LogP contribution in [0, 0.1) is 34.5 Å². The first-order valence-electron chi connectivity index (χ1n) is 10.1. The van der Waals surface area contributed by atoms with Crippen molar-refractivity contribution in [1.29, 1.82) is 0 Å². The lowest BCUT2D eigenvalue weighted by atomic mass is 9.45. The van der Waals surface area contributed by atoms with Gasteiger partial charge in [-0.3, -0.25) is 9.59 Å². The molecule has 3 N–H and O–H groups in total. The van der Waals surface area contributed by atoms with E-state index in [0.29, 0.717) is 12.8 Å². The van der Waals surface area contributed by atoms with Crippen molar-refractivity contribution in [2.75, 3.05) is 6.61 Å². The molecule has 0 aliphatic heterocycles. The Balaban J connectivity index is 0.00000225. The van der Waals surface area contributed by atoms with Crippen LogP contribution in [0.15, 0.2) is 23.8 Å². The summed E-state index contributed by atoms with van der Waals surface area (Å²) in [6.07, 6.45) is 6.87. The predicted octanol–water partition coefficient (Wildman–Crippen LogP) is 1.92. The predicted molar refractivity (Wildman–Crippen MR) is 101 cm³/mol. The quantitative estimate of drug-likeness (QED) is 0.685. The van der Waals surface area contributed by atoms with E-state index in [-0.39, 0.29) is 36.3 Å². The highest BCUT2D eigenvalue weighted by molar-refractivity contribution is 6.01. The molecule has 0 aromatic carbocycles. The van der Waals surface area contributed by atoms with E-state index in [9.17, 15) is 24.9 Å². The normalized spacial score (nSPS) is 51.3. The van der Waals surface area contributed by atoms with Gasteiger partial charge in [0.15, 0.2) is 11.6 Å². The number of fused-ring (bicyclic) bond motifs is 5. The van der Waals surface area contributed by atoms with Crippen molar-refractivity contribution < 1.29 is 26.3 Å². The van der Waals surface area contributed by atoms with Gasteiger partial charge in [0, 0.05) is 16.7 Å². The van der Waals surface area contributed by atoms with Crippen molar-refractivity contribution in [3.05, 3.63) is 23.8 Å². The molecule has 27 heavy (non-hydrogen) atoms. The van der Waals surface area contributed by atoms with Crippen LogP contribution >= 0.6 is 0 Å². The maximum absolute atomic E-state index is 12.4. The third-order valence-corrected chi connectivity index (χ3v) is 8.57. The van der Waals surface area contributed by atoms with E-state index in [4.69, 9.17) is 0 Å². The molecule has 0 saturated heterocycles. The second-order valence-corrected chi connectivity index (χ2v) is 9.72. The smallest absolute Gasteiger partial charge is 0.393 e. The summed E-state index contributed by atoms with van der Waals surface area (Å²) in [6.45, 7) is 5.48. The zero-order valence-electron chi connectivity index (χ0n) is 17.3. The second-order valence-electron chi connectivity index (χ2n) is 9.72. The van der Waals surface area contributed by atoms with Gasteiger partial charge in [-0.25, -0.2) is 0 Å². The van der Waals surface area contributed by atoms with Crippen LogP contribution in [-0.4, -0.2) is 45.2 Å². The molecular weight excluding hydrogens is 344 g/mol. The van der Waals surface area contributed by atoms with Crippen molar-refractivity contribution in [2.24, 2.45) is 34.5 Å². The van der Waals surface area contributed by atoms with E-state index >= 15 is 0 Å². The fourth-order valence-electron chi connectivity index (χ4n) is 7.34. The standard InChI is InChI=1S/C22H30O5/c1-12-8-14-15-5-7-22(27,18(26)11-23)21(15,3)10-17(25)19(14)20(2)6-4-13(24)9-16(12)20/h4,6,9,12,14-15,17,19,23,25,27H,5,7-8,10-11H2,1-3H3/p+1/t12-,14-,15-,17-,19+,20-,21-,22-/m0/s1. The molecule has 0 unspecified atom stereocenters. The average Bonchev–Trinajstić information content (AvgIpc) is 2.87. The highest BCUT2D eigenvalue weighted by Crippen LogP contribution is 2.67. The highest BCUT2D eigenvalue weighted by atomic mass is 16.3. The number of aliphatic hydroxyl groups excluding tert-OH is 2. The number of hydrogen-bond acceptors (Lipinski definition) is 5. The van der Waals surface area contributed by atoms with Crippen LogP contribution in [0.25, 0.3) is 0 Å². The Morgan fingerprint density at radius 3 is 2.74 bits per heavy atom. The molecule has 0 heterocycles. The minimum Gasteiger partial charge on any atom is -0.393 e. The molecule has 0 aromatic rings. The van der Waals surface area contributed by atoms with Gasteiger partial charge in [-0.1, -0.05) is 32.4 Å². The maximum Gasteiger partial charge on any atom is 1.00 e. The molecule has 0 spiro atoms. The monoisotopic (exact) mass is 375 g/mol. The Labute approximate surface area is 161 Å². The van der Waals surface area contributed by atoms with Crippen LogP contribution in [-0.2, 0) is 9.59 Å². The lowest BCUT2D eigenvalue weighted by Gasteiger charge is -2.60. The van der Waals surface area contributed by atoms with Gasteiger partial charge in [0.2, 0.25) is 0 Å². The molecule has 3 saturated carbocycles. The van der Waals surface area contributed by atoms with Gasteiger partial charge in [-0.15, -0.1) is 0 Å². The van der Waals surface area contributed by atoms with Gasteiger partial charge < -0.3 is 15.3 Å². The molecule has 3 fully saturated rings. The fourth-order valence-corrected chi connectivity index (χ4v) is 7.34. The van der Waals surface area contributed by atoms with Crippen molar-refractivity contribution in [3.63, 3.8) is 0 Å². The Kier molecular flexibility index (Phi) is 4.12. The number of hydrogen-bond donors (Lipinski definition) is 3. The summed E-state index contributed by atoms with van der Waals surface area (Å²) in [6, 6.07) is 0. The third kappa shape index (κ3) is 2.28. The first kappa shape index (κ1) is 19.0. The van der Waals surface area contributed by atoms with Crippen molar-refractivity contribution in [3.8, 4) is 0 Å². The van der Waals surface area contributed by atoms with Gasteiger partial charge in [-0.2, -0.15) is 0 Å². The minimum atomic E-state index is -1.57. The summed E-state index contributed by atoms with van der Waals surface area (Å²) in [7, 11) is 0. The van der Waals surface area contributed by atoms with Crippen LogP contribution in [0.4, 0.5) is 0 Å². The molecule has 0 amide bonds. The van der Waals surface area contributed by atoms with E-state index in [2.05, 4.69) is 13.8 Å². The molecule has 5 heteroatoms. The molecule has 4 rings (SSSR count).